The molecule has 0 saturated carbocycles. The first-order valence-corrected chi connectivity index (χ1v) is 7.39. The Bertz CT molecular complexity index is 667. The van der Waals surface area contributed by atoms with Gasteiger partial charge in [-0.1, -0.05) is 0 Å². The molecule has 6 heteroatoms. The van der Waals surface area contributed by atoms with Crippen LogP contribution in [0.1, 0.15) is 23.8 Å². The highest BCUT2D eigenvalue weighted by Crippen LogP contribution is 2.24. The number of benzene rings is 1. The second-order valence-corrected chi connectivity index (χ2v) is 5.77. The molecule has 0 bridgehead atoms. The predicted molar refractivity (Wildman–Crippen MR) is 81.2 cm³/mol. The van der Waals surface area contributed by atoms with Crippen molar-refractivity contribution in [2.45, 2.75) is 19.4 Å². The van der Waals surface area contributed by atoms with Crippen LogP contribution in [0.15, 0.2) is 36.8 Å². The Labute approximate surface area is 128 Å². The van der Waals surface area contributed by atoms with Gasteiger partial charge in [0.15, 0.2) is 0 Å². The van der Waals surface area contributed by atoms with E-state index in [1.54, 1.807) is 29.2 Å². The van der Waals surface area contributed by atoms with Gasteiger partial charge in [-0.15, -0.1) is 0 Å². The number of likely N-dealkylation sites (tertiary alicyclic amines) is 1. The molecule has 0 radical (unpaired) electrons. The average Bonchev–Trinajstić information content (AvgIpc) is 3.14. The minimum absolute atomic E-state index is 0.0646. The van der Waals surface area contributed by atoms with Crippen molar-refractivity contribution in [1.82, 2.24) is 14.5 Å². The van der Waals surface area contributed by atoms with Gasteiger partial charge in [0.2, 0.25) is 0 Å². The normalized spacial score (nSPS) is 21.3. The van der Waals surface area contributed by atoms with E-state index in [0.717, 1.165) is 6.42 Å². The summed E-state index contributed by atoms with van der Waals surface area (Å²) in [4.78, 5) is 18.7. The fraction of sp³-hybridized carbons (Fsp3) is 0.375. The molecule has 0 aliphatic carbocycles. The summed E-state index contributed by atoms with van der Waals surface area (Å²) in [5.74, 6) is -0.0258. The van der Waals surface area contributed by atoms with E-state index in [-0.39, 0.29) is 17.8 Å². The Morgan fingerprint density at radius 3 is 2.77 bits per heavy atom. The van der Waals surface area contributed by atoms with Gasteiger partial charge in [-0.2, -0.15) is 0 Å². The first kappa shape index (κ1) is 14.7. The van der Waals surface area contributed by atoms with Gasteiger partial charge >= 0.3 is 0 Å². The van der Waals surface area contributed by atoms with Crippen LogP contribution in [0.2, 0.25) is 0 Å². The van der Waals surface area contributed by atoms with Crippen molar-refractivity contribution in [2.75, 3.05) is 13.1 Å². The van der Waals surface area contributed by atoms with Crippen LogP contribution >= 0.6 is 0 Å². The first-order valence-electron chi connectivity index (χ1n) is 7.39. The molecule has 0 spiro atoms. The molecule has 2 unspecified atom stereocenters. The van der Waals surface area contributed by atoms with Crippen molar-refractivity contribution in [1.29, 1.82) is 0 Å². The maximum Gasteiger partial charge on any atom is 0.272 e. The van der Waals surface area contributed by atoms with Gasteiger partial charge in [0.1, 0.15) is 11.5 Å². The van der Waals surface area contributed by atoms with Crippen LogP contribution in [0.25, 0.3) is 5.69 Å². The smallest absolute Gasteiger partial charge is 0.272 e. The molecule has 116 valence electrons. The van der Waals surface area contributed by atoms with Crippen molar-refractivity contribution >= 4 is 5.91 Å². The zero-order valence-electron chi connectivity index (χ0n) is 12.4. The average molecular weight is 302 g/mol. The summed E-state index contributed by atoms with van der Waals surface area (Å²) in [6, 6.07) is 6.16. The number of carbonyl (C=O) groups is 1. The zero-order valence-corrected chi connectivity index (χ0v) is 12.4. The zero-order chi connectivity index (χ0) is 15.7. The summed E-state index contributed by atoms with van der Waals surface area (Å²) >= 11 is 0. The second-order valence-electron chi connectivity index (χ2n) is 5.77. The lowest BCUT2D eigenvalue weighted by atomic mass is 10.1. The highest BCUT2D eigenvalue weighted by Gasteiger charge is 2.33. The fourth-order valence-electron chi connectivity index (χ4n) is 3.00. The molecule has 3 rings (SSSR count). The van der Waals surface area contributed by atoms with E-state index >= 15 is 0 Å². The number of halogens is 1. The third-order valence-electron chi connectivity index (χ3n) is 4.22. The van der Waals surface area contributed by atoms with E-state index in [2.05, 4.69) is 4.98 Å². The Kier molecular flexibility index (Phi) is 3.94. The van der Waals surface area contributed by atoms with Crippen LogP contribution in [0.3, 0.4) is 0 Å². The summed E-state index contributed by atoms with van der Waals surface area (Å²) in [5.41, 5.74) is 6.92. The van der Waals surface area contributed by atoms with E-state index in [1.165, 1.54) is 12.1 Å². The van der Waals surface area contributed by atoms with Crippen LogP contribution in [-0.2, 0) is 0 Å². The SMILES string of the molecule is CC1CC(CN)CN1C(=O)c1cncn1-c1ccc(F)cc1. The molecule has 1 fully saturated rings. The molecule has 1 amide bonds. The third-order valence-corrected chi connectivity index (χ3v) is 4.22. The molecule has 2 heterocycles. The van der Waals surface area contributed by atoms with E-state index < -0.39 is 0 Å². The van der Waals surface area contributed by atoms with Crippen molar-refractivity contribution in [3.05, 3.63) is 48.3 Å². The summed E-state index contributed by atoms with van der Waals surface area (Å²) in [6.45, 7) is 3.29. The van der Waals surface area contributed by atoms with E-state index in [9.17, 15) is 9.18 Å². The molecule has 1 aliphatic heterocycles. The van der Waals surface area contributed by atoms with Gasteiger partial charge in [-0.3, -0.25) is 9.36 Å². The summed E-state index contributed by atoms with van der Waals surface area (Å²) in [7, 11) is 0. The van der Waals surface area contributed by atoms with E-state index in [4.69, 9.17) is 5.73 Å². The Morgan fingerprint density at radius 1 is 1.41 bits per heavy atom. The van der Waals surface area contributed by atoms with Crippen molar-refractivity contribution in [2.24, 2.45) is 11.7 Å². The molecule has 2 atom stereocenters. The van der Waals surface area contributed by atoms with Gasteiger partial charge in [0.25, 0.3) is 5.91 Å². The number of hydrogen-bond acceptors (Lipinski definition) is 3. The standard InChI is InChI=1S/C16H19FN4O/c1-11-6-12(7-18)9-20(11)16(22)15-8-19-10-21(15)14-4-2-13(17)3-5-14/h2-5,8,10-12H,6-7,9,18H2,1H3. The van der Waals surface area contributed by atoms with E-state index in [1.807, 2.05) is 11.8 Å². The molecule has 1 saturated heterocycles. The molecule has 22 heavy (non-hydrogen) atoms. The number of rotatable bonds is 3. The summed E-state index contributed by atoms with van der Waals surface area (Å²) in [5, 5.41) is 0. The minimum Gasteiger partial charge on any atom is -0.334 e. The minimum atomic E-state index is -0.310. The van der Waals surface area contributed by atoms with Crippen molar-refractivity contribution in [3.63, 3.8) is 0 Å². The molecule has 1 aromatic heterocycles. The second kappa shape index (κ2) is 5.88. The number of nitrogens with two attached hydrogens (primary N) is 1. The van der Waals surface area contributed by atoms with Gasteiger partial charge in [0.05, 0.1) is 12.5 Å². The molecule has 1 aliphatic rings. The number of hydrogen-bond donors (Lipinski definition) is 1. The molecule has 1 aromatic carbocycles. The van der Waals surface area contributed by atoms with Gasteiger partial charge < -0.3 is 10.6 Å². The topological polar surface area (TPSA) is 64.2 Å². The predicted octanol–water partition coefficient (Wildman–Crippen LogP) is 1.82. The van der Waals surface area contributed by atoms with Crippen molar-refractivity contribution < 1.29 is 9.18 Å². The third kappa shape index (κ3) is 2.62. The molecular weight excluding hydrogens is 283 g/mol. The van der Waals surface area contributed by atoms with E-state index in [0.29, 0.717) is 30.4 Å². The summed E-state index contributed by atoms with van der Waals surface area (Å²) < 4.78 is 14.7. The number of nitrogens with zero attached hydrogens (tertiary/aromatic N) is 3. The lowest BCUT2D eigenvalue weighted by Crippen LogP contribution is -2.35. The van der Waals surface area contributed by atoms with Gasteiger partial charge in [-0.05, 0) is 50.1 Å². The summed E-state index contributed by atoms with van der Waals surface area (Å²) in [6.07, 6.45) is 4.04. The first-order chi connectivity index (χ1) is 10.6. The maximum atomic E-state index is 13.1. The molecule has 2 N–H and O–H groups in total. The molecule has 5 nitrogen and oxygen atoms in total. The van der Waals surface area contributed by atoms with Crippen LogP contribution in [0.4, 0.5) is 4.39 Å². The van der Waals surface area contributed by atoms with Gasteiger partial charge in [0, 0.05) is 18.3 Å². The highest BCUT2D eigenvalue weighted by molar-refractivity contribution is 5.93. The number of amides is 1. The molecular formula is C16H19FN4O. The monoisotopic (exact) mass is 302 g/mol. The largest absolute Gasteiger partial charge is 0.334 e. The quantitative estimate of drug-likeness (QED) is 0.940. The Morgan fingerprint density at radius 2 is 2.14 bits per heavy atom. The molecule has 2 aromatic rings. The Balaban J connectivity index is 1.88. The lowest BCUT2D eigenvalue weighted by Gasteiger charge is -2.22. The van der Waals surface area contributed by atoms with Gasteiger partial charge in [-0.25, -0.2) is 9.37 Å². The maximum absolute atomic E-state index is 13.1. The van der Waals surface area contributed by atoms with Crippen LogP contribution in [0.5, 0.6) is 0 Å². The van der Waals surface area contributed by atoms with Crippen LogP contribution < -0.4 is 5.73 Å². The lowest BCUT2D eigenvalue weighted by molar-refractivity contribution is 0.0735. The number of carbonyl (C=O) groups excluding carboxylic acids is 1. The number of imidazole rings is 1. The van der Waals surface area contributed by atoms with Crippen LogP contribution in [-0.4, -0.2) is 39.5 Å². The number of aromatic nitrogens is 2. The van der Waals surface area contributed by atoms with Crippen molar-refractivity contribution in [3.8, 4) is 5.69 Å². The highest BCUT2D eigenvalue weighted by atomic mass is 19.1. The fourth-order valence-corrected chi connectivity index (χ4v) is 3.00. The Hall–Kier alpha value is -2.21. The van der Waals surface area contributed by atoms with Crippen LogP contribution in [0, 0.1) is 11.7 Å².